The van der Waals surface area contributed by atoms with Crippen LogP contribution in [-0.2, 0) is 11.3 Å². The van der Waals surface area contributed by atoms with Crippen LogP contribution >= 0.6 is 22.9 Å². The van der Waals surface area contributed by atoms with Crippen molar-refractivity contribution in [2.24, 2.45) is 0 Å². The molecule has 8 heteroatoms. The number of anilines is 1. The van der Waals surface area contributed by atoms with Gasteiger partial charge >= 0.3 is 6.09 Å². The van der Waals surface area contributed by atoms with Crippen LogP contribution in [0.2, 0.25) is 4.34 Å². The maximum absolute atomic E-state index is 11.5. The number of aliphatic hydroxyl groups excluding tert-OH is 1. The summed E-state index contributed by atoms with van der Waals surface area (Å²) in [6.07, 6.45) is 1.35. The molecule has 0 aliphatic heterocycles. The van der Waals surface area contributed by atoms with Crippen LogP contribution in [-0.4, -0.2) is 27.7 Å². The summed E-state index contributed by atoms with van der Waals surface area (Å²) in [7, 11) is 1.32. The lowest BCUT2D eigenvalue weighted by molar-refractivity contribution is 0.187. The van der Waals surface area contributed by atoms with Crippen LogP contribution in [0.3, 0.4) is 0 Å². The standard InChI is InChI=1S/C19H16ClN3O3S/c1-10-13(8-16(20)27-10)17-15(9-24)23-6-5-11-3-4-12(21-19(25)26-2)7-14(11)18(23)22-17/h3-8,24H,9H2,1-2H3,(H,21,25). The van der Waals surface area contributed by atoms with E-state index in [1.54, 1.807) is 6.07 Å². The first-order chi connectivity index (χ1) is 13.0. The molecule has 0 spiro atoms. The molecule has 0 saturated carbocycles. The van der Waals surface area contributed by atoms with E-state index in [9.17, 15) is 9.90 Å². The fourth-order valence-corrected chi connectivity index (χ4v) is 4.35. The molecule has 0 unspecified atom stereocenters. The number of imidazole rings is 1. The third-order valence-corrected chi connectivity index (χ3v) is 5.61. The first-order valence-corrected chi connectivity index (χ1v) is 9.37. The van der Waals surface area contributed by atoms with E-state index in [0.717, 1.165) is 21.2 Å². The molecule has 3 heterocycles. The normalized spacial score (nSPS) is 11.3. The Labute approximate surface area is 164 Å². The number of aliphatic hydroxyl groups is 1. The van der Waals surface area contributed by atoms with Crippen molar-refractivity contribution >= 4 is 51.1 Å². The summed E-state index contributed by atoms with van der Waals surface area (Å²) in [6.45, 7) is 1.82. The zero-order valence-corrected chi connectivity index (χ0v) is 16.2. The monoisotopic (exact) mass is 401 g/mol. The summed E-state index contributed by atoms with van der Waals surface area (Å²) in [4.78, 5) is 17.4. The number of hydrogen-bond acceptors (Lipinski definition) is 5. The van der Waals surface area contributed by atoms with Crippen molar-refractivity contribution in [1.82, 2.24) is 9.38 Å². The molecule has 4 aromatic rings. The Bertz CT molecular complexity index is 1180. The average molecular weight is 402 g/mol. The van der Waals surface area contributed by atoms with E-state index >= 15 is 0 Å². The van der Waals surface area contributed by atoms with Crippen molar-refractivity contribution < 1.29 is 14.6 Å². The molecule has 6 nitrogen and oxygen atoms in total. The number of aryl methyl sites for hydroxylation is 1. The van der Waals surface area contributed by atoms with Crippen LogP contribution < -0.4 is 5.32 Å². The van der Waals surface area contributed by atoms with Crippen LogP contribution in [0.15, 0.2) is 36.5 Å². The van der Waals surface area contributed by atoms with Gasteiger partial charge in [0.05, 0.1) is 29.4 Å². The van der Waals surface area contributed by atoms with Gasteiger partial charge in [0.25, 0.3) is 0 Å². The second kappa shape index (κ2) is 6.84. The molecule has 1 amide bonds. The maximum atomic E-state index is 11.5. The highest BCUT2D eigenvalue weighted by molar-refractivity contribution is 7.16. The second-order valence-corrected chi connectivity index (χ2v) is 7.90. The molecular weight excluding hydrogens is 386 g/mol. The van der Waals surface area contributed by atoms with E-state index in [2.05, 4.69) is 10.1 Å². The van der Waals surface area contributed by atoms with Gasteiger partial charge in [-0.2, -0.15) is 0 Å². The number of pyridine rings is 1. The minimum atomic E-state index is -0.537. The molecule has 0 radical (unpaired) electrons. The molecule has 0 aliphatic carbocycles. The Morgan fingerprint density at radius 1 is 1.37 bits per heavy atom. The Morgan fingerprint density at radius 3 is 2.85 bits per heavy atom. The van der Waals surface area contributed by atoms with E-state index in [-0.39, 0.29) is 6.61 Å². The van der Waals surface area contributed by atoms with Crippen LogP contribution in [0.25, 0.3) is 27.7 Å². The largest absolute Gasteiger partial charge is 0.453 e. The van der Waals surface area contributed by atoms with Crippen molar-refractivity contribution in [3.05, 3.63) is 51.4 Å². The molecule has 0 fully saturated rings. The number of rotatable bonds is 3. The van der Waals surface area contributed by atoms with Crippen molar-refractivity contribution in [3.63, 3.8) is 0 Å². The second-order valence-electron chi connectivity index (χ2n) is 6.01. The Kier molecular flexibility index (Phi) is 4.51. The summed E-state index contributed by atoms with van der Waals surface area (Å²) in [5, 5.41) is 14.5. The minimum absolute atomic E-state index is 0.158. The summed E-state index contributed by atoms with van der Waals surface area (Å²) in [6, 6.07) is 9.36. The van der Waals surface area contributed by atoms with Gasteiger partial charge in [-0.1, -0.05) is 17.7 Å². The molecule has 1 aromatic carbocycles. The van der Waals surface area contributed by atoms with Gasteiger partial charge in [0.15, 0.2) is 0 Å². The van der Waals surface area contributed by atoms with Gasteiger partial charge in [-0.3, -0.25) is 5.32 Å². The average Bonchev–Trinajstić information content (AvgIpc) is 3.20. The molecular formula is C19H16ClN3O3S. The number of hydrogen-bond donors (Lipinski definition) is 2. The van der Waals surface area contributed by atoms with Gasteiger partial charge in [-0.25, -0.2) is 9.78 Å². The lowest BCUT2D eigenvalue weighted by Gasteiger charge is -2.07. The number of thiophene rings is 1. The fourth-order valence-electron chi connectivity index (χ4n) is 3.16. The number of halogens is 1. The van der Waals surface area contributed by atoms with Crippen molar-refractivity contribution in [3.8, 4) is 11.3 Å². The number of methoxy groups -OCH3 is 1. The molecule has 0 saturated heterocycles. The number of ether oxygens (including phenoxy) is 1. The first-order valence-electron chi connectivity index (χ1n) is 8.17. The molecule has 0 aliphatic rings. The van der Waals surface area contributed by atoms with E-state index in [1.165, 1.54) is 18.4 Å². The molecule has 3 aromatic heterocycles. The summed E-state index contributed by atoms with van der Waals surface area (Å²) in [5.41, 5.74) is 3.61. The van der Waals surface area contributed by atoms with Crippen LogP contribution in [0.4, 0.5) is 10.5 Å². The highest BCUT2D eigenvalue weighted by Gasteiger charge is 2.18. The lowest BCUT2D eigenvalue weighted by Crippen LogP contribution is -2.10. The molecule has 2 N–H and O–H groups in total. The zero-order valence-electron chi connectivity index (χ0n) is 14.6. The smallest absolute Gasteiger partial charge is 0.411 e. The zero-order chi connectivity index (χ0) is 19.1. The number of nitrogens with one attached hydrogen (secondary N) is 1. The number of benzene rings is 1. The van der Waals surface area contributed by atoms with Gasteiger partial charge in [0, 0.05) is 27.7 Å². The first kappa shape index (κ1) is 17.8. The number of carbonyl (C=O) groups excluding carboxylic acids is 1. The van der Waals surface area contributed by atoms with Crippen molar-refractivity contribution in [2.45, 2.75) is 13.5 Å². The molecule has 27 heavy (non-hydrogen) atoms. The number of fused-ring (bicyclic) bond motifs is 3. The topological polar surface area (TPSA) is 75.9 Å². The van der Waals surface area contributed by atoms with E-state index < -0.39 is 6.09 Å². The third kappa shape index (κ3) is 3.03. The number of aromatic nitrogens is 2. The number of amides is 1. The Balaban J connectivity index is 1.97. The van der Waals surface area contributed by atoms with Gasteiger partial charge in [0.2, 0.25) is 0 Å². The molecule has 138 valence electrons. The maximum Gasteiger partial charge on any atom is 0.411 e. The van der Waals surface area contributed by atoms with Crippen LogP contribution in [0, 0.1) is 6.92 Å². The predicted octanol–water partition coefficient (Wildman–Crippen LogP) is 4.85. The predicted molar refractivity (Wildman–Crippen MR) is 108 cm³/mol. The van der Waals surface area contributed by atoms with Gasteiger partial charge in [0.1, 0.15) is 5.65 Å². The fraction of sp³-hybridized carbons (Fsp3) is 0.158. The van der Waals surface area contributed by atoms with Gasteiger partial charge < -0.3 is 14.2 Å². The SMILES string of the molecule is COC(=O)Nc1ccc2ccn3c(CO)c(-c4cc(Cl)sc4C)nc3c2c1. The van der Waals surface area contributed by atoms with Crippen LogP contribution in [0.5, 0.6) is 0 Å². The summed E-state index contributed by atoms with van der Waals surface area (Å²) < 4.78 is 7.20. The van der Waals surface area contributed by atoms with Gasteiger partial charge in [-0.15, -0.1) is 11.3 Å². The number of nitrogens with zero attached hydrogens (tertiary/aromatic N) is 2. The summed E-state index contributed by atoms with van der Waals surface area (Å²) in [5.74, 6) is 0. The van der Waals surface area contributed by atoms with Gasteiger partial charge in [-0.05, 0) is 36.6 Å². The quantitative estimate of drug-likeness (QED) is 0.514. The van der Waals surface area contributed by atoms with E-state index in [0.29, 0.717) is 27.1 Å². The summed E-state index contributed by atoms with van der Waals surface area (Å²) >= 11 is 7.64. The van der Waals surface area contributed by atoms with Crippen molar-refractivity contribution in [1.29, 1.82) is 0 Å². The molecule has 0 bridgehead atoms. The van der Waals surface area contributed by atoms with E-state index in [1.807, 2.05) is 41.8 Å². The highest BCUT2D eigenvalue weighted by atomic mass is 35.5. The third-order valence-electron chi connectivity index (χ3n) is 4.43. The van der Waals surface area contributed by atoms with Crippen LogP contribution in [0.1, 0.15) is 10.6 Å². The van der Waals surface area contributed by atoms with E-state index in [4.69, 9.17) is 16.6 Å². The Hall–Kier alpha value is -2.61. The Morgan fingerprint density at radius 2 is 2.19 bits per heavy atom. The molecule has 0 atom stereocenters. The minimum Gasteiger partial charge on any atom is -0.453 e. The van der Waals surface area contributed by atoms with Crippen molar-refractivity contribution in [2.75, 3.05) is 12.4 Å². The highest BCUT2D eigenvalue weighted by Crippen LogP contribution is 2.36. The number of carbonyl (C=O) groups is 1. The lowest BCUT2D eigenvalue weighted by atomic mass is 10.1. The molecule has 4 rings (SSSR count).